The third-order valence-electron chi connectivity index (χ3n) is 4.01. The first-order valence-corrected chi connectivity index (χ1v) is 8.60. The molecular weight excluding hydrogens is 360 g/mol. The lowest BCUT2D eigenvalue weighted by atomic mass is 10.0. The lowest BCUT2D eigenvalue weighted by molar-refractivity contribution is 0.597. The summed E-state index contributed by atoms with van der Waals surface area (Å²) >= 11 is 3.47. The molecule has 0 N–H and O–H groups in total. The maximum atomic E-state index is 6.01. The molecule has 0 atom stereocenters. The van der Waals surface area contributed by atoms with Gasteiger partial charge in [-0.05, 0) is 35.4 Å². The molecule has 0 amide bonds. The van der Waals surface area contributed by atoms with Crippen molar-refractivity contribution in [3.63, 3.8) is 0 Å². The Labute approximate surface area is 149 Å². The Morgan fingerprint density at radius 1 is 0.458 bits per heavy atom. The van der Waals surface area contributed by atoms with E-state index in [9.17, 15) is 0 Å². The molecule has 0 unspecified atom stereocenters. The summed E-state index contributed by atoms with van der Waals surface area (Å²) in [5.41, 5.74) is 4.57. The lowest BCUT2D eigenvalue weighted by Gasteiger charge is -2.03. The zero-order valence-corrected chi connectivity index (χ0v) is 14.5. The second-order valence-corrected chi connectivity index (χ2v) is 6.53. The first kappa shape index (κ1) is 15.0. The SMILES string of the molecule is Brc1ccc(-c2ccc(-c3ccc(-c4ccccc4)o3)cc2)cc1. The summed E-state index contributed by atoms with van der Waals surface area (Å²) in [4.78, 5) is 0. The van der Waals surface area contributed by atoms with Crippen LogP contribution in [-0.4, -0.2) is 0 Å². The van der Waals surface area contributed by atoms with E-state index in [1.54, 1.807) is 0 Å². The fraction of sp³-hybridized carbons (Fsp3) is 0. The van der Waals surface area contributed by atoms with Crippen LogP contribution in [0.4, 0.5) is 0 Å². The van der Waals surface area contributed by atoms with Crippen molar-refractivity contribution >= 4 is 15.9 Å². The van der Waals surface area contributed by atoms with Crippen LogP contribution in [0.3, 0.4) is 0 Å². The van der Waals surface area contributed by atoms with Crippen molar-refractivity contribution in [1.82, 2.24) is 0 Å². The first-order chi connectivity index (χ1) is 11.8. The molecule has 1 aromatic heterocycles. The molecule has 0 radical (unpaired) electrons. The summed E-state index contributed by atoms with van der Waals surface area (Å²) in [6.45, 7) is 0. The molecule has 0 bridgehead atoms. The third-order valence-corrected chi connectivity index (χ3v) is 4.54. The summed E-state index contributed by atoms with van der Waals surface area (Å²) in [7, 11) is 0. The van der Waals surface area contributed by atoms with Crippen LogP contribution >= 0.6 is 15.9 Å². The fourth-order valence-electron chi connectivity index (χ4n) is 2.72. The minimum absolute atomic E-state index is 0.885. The highest BCUT2D eigenvalue weighted by molar-refractivity contribution is 9.10. The molecule has 1 nitrogen and oxygen atoms in total. The van der Waals surface area contributed by atoms with Crippen LogP contribution in [-0.2, 0) is 0 Å². The van der Waals surface area contributed by atoms with Gasteiger partial charge in [0.15, 0.2) is 0 Å². The Balaban J connectivity index is 1.61. The van der Waals surface area contributed by atoms with Crippen molar-refractivity contribution in [3.8, 4) is 33.8 Å². The van der Waals surface area contributed by atoms with Crippen LogP contribution in [0.5, 0.6) is 0 Å². The van der Waals surface area contributed by atoms with Crippen LogP contribution in [0, 0.1) is 0 Å². The van der Waals surface area contributed by atoms with Gasteiger partial charge in [0.25, 0.3) is 0 Å². The van der Waals surface area contributed by atoms with E-state index in [4.69, 9.17) is 4.42 Å². The maximum Gasteiger partial charge on any atom is 0.134 e. The van der Waals surface area contributed by atoms with Crippen molar-refractivity contribution < 1.29 is 4.42 Å². The Hall–Kier alpha value is -2.58. The number of hydrogen-bond donors (Lipinski definition) is 0. The molecule has 0 saturated heterocycles. The second kappa shape index (κ2) is 6.50. The van der Waals surface area contributed by atoms with Gasteiger partial charge in [0.05, 0.1) is 0 Å². The largest absolute Gasteiger partial charge is 0.456 e. The summed E-state index contributed by atoms with van der Waals surface area (Å²) in [6, 6.07) is 31.0. The van der Waals surface area contributed by atoms with Gasteiger partial charge in [-0.2, -0.15) is 0 Å². The van der Waals surface area contributed by atoms with Gasteiger partial charge in [0.1, 0.15) is 11.5 Å². The number of rotatable bonds is 3. The average molecular weight is 375 g/mol. The first-order valence-electron chi connectivity index (χ1n) is 7.81. The molecule has 0 aliphatic rings. The fourth-order valence-corrected chi connectivity index (χ4v) is 2.98. The van der Waals surface area contributed by atoms with E-state index in [1.807, 2.05) is 30.3 Å². The van der Waals surface area contributed by atoms with Crippen molar-refractivity contribution in [1.29, 1.82) is 0 Å². The Kier molecular flexibility index (Phi) is 4.06. The highest BCUT2D eigenvalue weighted by Crippen LogP contribution is 2.30. The monoisotopic (exact) mass is 374 g/mol. The Morgan fingerprint density at radius 2 is 0.917 bits per heavy atom. The number of hydrogen-bond acceptors (Lipinski definition) is 1. The smallest absolute Gasteiger partial charge is 0.134 e. The molecule has 1 heterocycles. The van der Waals surface area contributed by atoms with Gasteiger partial charge < -0.3 is 4.42 Å². The van der Waals surface area contributed by atoms with Gasteiger partial charge in [-0.1, -0.05) is 82.7 Å². The minimum Gasteiger partial charge on any atom is -0.456 e. The van der Waals surface area contributed by atoms with Crippen molar-refractivity contribution in [3.05, 3.63) is 95.5 Å². The Morgan fingerprint density at radius 3 is 1.50 bits per heavy atom. The zero-order valence-electron chi connectivity index (χ0n) is 12.9. The van der Waals surface area contributed by atoms with Crippen LogP contribution in [0.15, 0.2) is 99.9 Å². The van der Waals surface area contributed by atoms with Gasteiger partial charge in [-0.25, -0.2) is 0 Å². The third kappa shape index (κ3) is 3.06. The van der Waals surface area contributed by atoms with Gasteiger partial charge in [-0.15, -0.1) is 0 Å². The molecule has 3 aromatic carbocycles. The molecule has 116 valence electrons. The predicted octanol–water partition coefficient (Wildman–Crippen LogP) is 7.04. The minimum atomic E-state index is 0.885. The highest BCUT2D eigenvalue weighted by Gasteiger charge is 2.07. The standard InChI is InChI=1S/C22H15BrO/c23-20-12-10-17(11-13-20)16-6-8-19(9-7-16)22-15-14-21(24-22)18-4-2-1-3-5-18/h1-15H. The van der Waals surface area contributed by atoms with E-state index in [2.05, 4.69) is 76.6 Å². The molecule has 0 spiro atoms. The normalized spacial score (nSPS) is 10.7. The maximum absolute atomic E-state index is 6.01. The lowest BCUT2D eigenvalue weighted by Crippen LogP contribution is -1.79. The van der Waals surface area contributed by atoms with Crippen LogP contribution < -0.4 is 0 Å². The zero-order chi connectivity index (χ0) is 16.4. The molecule has 2 heteroatoms. The van der Waals surface area contributed by atoms with Crippen LogP contribution in [0.25, 0.3) is 33.8 Å². The van der Waals surface area contributed by atoms with E-state index in [0.29, 0.717) is 0 Å². The Bertz CT molecular complexity index is 935. The van der Waals surface area contributed by atoms with Crippen molar-refractivity contribution in [2.75, 3.05) is 0 Å². The quantitative estimate of drug-likeness (QED) is 0.374. The molecule has 0 saturated carbocycles. The molecule has 24 heavy (non-hydrogen) atoms. The number of furan rings is 1. The highest BCUT2D eigenvalue weighted by atomic mass is 79.9. The molecule has 4 aromatic rings. The summed E-state index contributed by atoms with van der Waals surface area (Å²) in [5, 5.41) is 0. The van der Waals surface area contributed by atoms with Gasteiger partial charge in [0, 0.05) is 15.6 Å². The van der Waals surface area contributed by atoms with E-state index in [1.165, 1.54) is 11.1 Å². The molecule has 0 aliphatic carbocycles. The number of halogens is 1. The van der Waals surface area contributed by atoms with E-state index in [0.717, 1.165) is 27.1 Å². The average Bonchev–Trinajstić information content (AvgIpc) is 3.13. The summed E-state index contributed by atoms with van der Waals surface area (Å²) in [5.74, 6) is 1.78. The van der Waals surface area contributed by atoms with Gasteiger partial charge in [-0.3, -0.25) is 0 Å². The van der Waals surface area contributed by atoms with E-state index >= 15 is 0 Å². The van der Waals surface area contributed by atoms with Crippen molar-refractivity contribution in [2.24, 2.45) is 0 Å². The summed E-state index contributed by atoms with van der Waals surface area (Å²) < 4.78 is 7.10. The second-order valence-electron chi connectivity index (χ2n) is 5.61. The molecular formula is C22H15BrO. The molecule has 4 rings (SSSR count). The topological polar surface area (TPSA) is 13.1 Å². The molecule has 0 fully saturated rings. The van der Waals surface area contributed by atoms with Crippen molar-refractivity contribution in [2.45, 2.75) is 0 Å². The van der Waals surface area contributed by atoms with Gasteiger partial charge >= 0.3 is 0 Å². The predicted molar refractivity (Wildman–Crippen MR) is 103 cm³/mol. The molecule has 0 aliphatic heterocycles. The summed E-state index contributed by atoms with van der Waals surface area (Å²) in [6.07, 6.45) is 0. The number of benzene rings is 3. The van der Waals surface area contributed by atoms with E-state index < -0.39 is 0 Å². The van der Waals surface area contributed by atoms with Crippen LogP contribution in [0.1, 0.15) is 0 Å². The van der Waals surface area contributed by atoms with E-state index in [-0.39, 0.29) is 0 Å². The van der Waals surface area contributed by atoms with Gasteiger partial charge in [0.2, 0.25) is 0 Å². The van der Waals surface area contributed by atoms with Crippen LogP contribution in [0.2, 0.25) is 0 Å².